The zero-order valence-corrected chi connectivity index (χ0v) is 10.8. The summed E-state index contributed by atoms with van der Waals surface area (Å²) in [5.74, 6) is 0. The highest BCUT2D eigenvalue weighted by molar-refractivity contribution is 6.31. The number of fused-ring (bicyclic) bond motifs is 1. The van der Waals surface area contributed by atoms with Crippen LogP contribution in [-0.4, -0.2) is 37.1 Å². The molecule has 92 valence electrons. The third kappa shape index (κ3) is 2.35. The van der Waals surface area contributed by atoms with Gasteiger partial charge in [-0.25, -0.2) is 0 Å². The van der Waals surface area contributed by atoms with Crippen LogP contribution in [0.4, 0.5) is 0 Å². The summed E-state index contributed by atoms with van der Waals surface area (Å²) in [6.45, 7) is 4.67. The van der Waals surface area contributed by atoms with Gasteiger partial charge in [-0.05, 0) is 36.5 Å². The van der Waals surface area contributed by atoms with Crippen molar-refractivity contribution < 1.29 is 0 Å². The van der Waals surface area contributed by atoms with Gasteiger partial charge in [0.1, 0.15) is 0 Å². The number of nitrogens with one attached hydrogen (secondary N) is 1. The summed E-state index contributed by atoms with van der Waals surface area (Å²) in [4.78, 5) is 2.64. The quantitative estimate of drug-likeness (QED) is 0.821. The molecule has 2 aliphatic rings. The lowest BCUT2D eigenvalue weighted by molar-refractivity contribution is 0.159. The third-order valence-corrected chi connectivity index (χ3v) is 4.42. The van der Waals surface area contributed by atoms with Gasteiger partial charge in [-0.15, -0.1) is 0 Å². The molecular formula is C14H19ClN2. The summed E-state index contributed by atoms with van der Waals surface area (Å²) in [5, 5.41) is 4.38. The first-order valence-electron chi connectivity index (χ1n) is 6.55. The van der Waals surface area contributed by atoms with E-state index in [1.807, 2.05) is 6.07 Å². The van der Waals surface area contributed by atoms with Gasteiger partial charge in [0.05, 0.1) is 0 Å². The summed E-state index contributed by atoms with van der Waals surface area (Å²) < 4.78 is 0. The topological polar surface area (TPSA) is 15.3 Å². The predicted molar refractivity (Wildman–Crippen MR) is 71.7 cm³/mol. The van der Waals surface area contributed by atoms with E-state index in [2.05, 4.69) is 22.3 Å². The van der Waals surface area contributed by atoms with Gasteiger partial charge >= 0.3 is 0 Å². The van der Waals surface area contributed by atoms with Gasteiger partial charge in [0, 0.05) is 37.2 Å². The van der Waals surface area contributed by atoms with Crippen LogP contribution in [0.25, 0.3) is 0 Å². The SMILES string of the molecule is Clc1cccc2c1CCC(N1CCNCC1)C2. The van der Waals surface area contributed by atoms with E-state index >= 15 is 0 Å². The largest absolute Gasteiger partial charge is 0.314 e. The van der Waals surface area contributed by atoms with Crippen molar-refractivity contribution in [1.82, 2.24) is 10.2 Å². The van der Waals surface area contributed by atoms with Gasteiger partial charge in [0.25, 0.3) is 0 Å². The number of piperazine rings is 1. The Morgan fingerprint density at radius 3 is 2.88 bits per heavy atom. The Balaban J connectivity index is 1.76. The van der Waals surface area contributed by atoms with E-state index in [1.165, 1.54) is 37.1 Å². The van der Waals surface area contributed by atoms with Crippen LogP contribution in [0.2, 0.25) is 5.02 Å². The van der Waals surface area contributed by atoms with Crippen LogP contribution in [0, 0.1) is 0 Å². The van der Waals surface area contributed by atoms with Crippen molar-refractivity contribution in [1.29, 1.82) is 0 Å². The molecule has 1 aliphatic carbocycles. The van der Waals surface area contributed by atoms with Gasteiger partial charge in [0.2, 0.25) is 0 Å². The molecule has 3 heteroatoms. The molecule has 0 saturated carbocycles. The highest BCUT2D eigenvalue weighted by Crippen LogP contribution is 2.29. The molecule has 0 amide bonds. The average molecular weight is 251 g/mol. The average Bonchev–Trinajstić information content (AvgIpc) is 2.40. The molecule has 1 aromatic rings. The monoisotopic (exact) mass is 250 g/mol. The number of hydrogen-bond donors (Lipinski definition) is 1. The third-order valence-electron chi connectivity index (χ3n) is 4.07. The maximum absolute atomic E-state index is 6.25. The Hall–Kier alpha value is -0.570. The van der Waals surface area contributed by atoms with Crippen LogP contribution in [0.3, 0.4) is 0 Å². The minimum Gasteiger partial charge on any atom is -0.314 e. The molecule has 1 saturated heterocycles. The molecule has 17 heavy (non-hydrogen) atoms. The second-order valence-electron chi connectivity index (χ2n) is 5.06. The van der Waals surface area contributed by atoms with E-state index in [1.54, 1.807) is 0 Å². The molecule has 1 atom stereocenters. The highest BCUT2D eigenvalue weighted by atomic mass is 35.5. The maximum atomic E-state index is 6.25. The second-order valence-corrected chi connectivity index (χ2v) is 5.47. The standard InChI is InChI=1S/C14H19ClN2/c15-14-3-1-2-11-10-12(4-5-13(11)14)17-8-6-16-7-9-17/h1-3,12,16H,4-10H2. The molecule has 3 rings (SSSR count). The molecule has 0 aromatic heterocycles. The molecule has 1 fully saturated rings. The van der Waals surface area contributed by atoms with Crippen LogP contribution >= 0.6 is 11.6 Å². The number of rotatable bonds is 1. The molecular weight excluding hydrogens is 232 g/mol. The molecule has 1 unspecified atom stereocenters. The van der Waals surface area contributed by atoms with Crippen LogP contribution < -0.4 is 5.32 Å². The molecule has 2 nitrogen and oxygen atoms in total. The first-order chi connectivity index (χ1) is 8.34. The van der Waals surface area contributed by atoms with Crippen molar-refractivity contribution in [3.63, 3.8) is 0 Å². The molecule has 0 radical (unpaired) electrons. The Morgan fingerprint density at radius 1 is 1.24 bits per heavy atom. The lowest BCUT2D eigenvalue weighted by Gasteiger charge is -2.37. The molecule has 1 heterocycles. The van der Waals surface area contributed by atoms with Crippen LogP contribution in [-0.2, 0) is 12.8 Å². The van der Waals surface area contributed by atoms with Crippen molar-refractivity contribution >= 4 is 11.6 Å². The first kappa shape index (κ1) is 11.5. The van der Waals surface area contributed by atoms with Crippen molar-refractivity contribution in [2.45, 2.75) is 25.3 Å². The van der Waals surface area contributed by atoms with Crippen LogP contribution in [0.5, 0.6) is 0 Å². The first-order valence-corrected chi connectivity index (χ1v) is 6.93. The molecule has 1 N–H and O–H groups in total. The summed E-state index contributed by atoms with van der Waals surface area (Å²) in [5.41, 5.74) is 2.85. The highest BCUT2D eigenvalue weighted by Gasteiger charge is 2.25. The lowest BCUT2D eigenvalue weighted by atomic mass is 9.87. The fraction of sp³-hybridized carbons (Fsp3) is 0.571. The van der Waals surface area contributed by atoms with Gasteiger partial charge in [-0.1, -0.05) is 23.7 Å². The van der Waals surface area contributed by atoms with Gasteiger partial charge in [0.15, 0.2) is 0 Å². The predicted octanol–water partition coefficient (Wildman–Crippen LogP) is 2.10. The van der Waals surface area contributed by atoms with E-state index in [-0.39, 0.29) is 0 Å². The Bertz CT molecular complexity index is 399. The number of nitrogens with zero attached hydrogens (tertiary/aromatic N) is 1. The smallest absolute Gasteiger partial charge is 0.0440 e. The van der Waals surface area contributed by atoms with Crippen molar-refractivity contribution in [3.8, 4) is 0 Å². The fourth-order valence-corrected chi connectivity index (χ4v) is 3.39. The number of benzene rings is 1. The molecule has 0 bridgehead atoms. The fourth-order valence-electron chi connectivity index (χ4n) is 3.10. The maximum Gasteiger partial charge on any atom is 0.0440 e. The van der Waals surface area contributed by atoms with Crippen LogP contribution in [0.1, 0.15) is 17.5 Å². The van der Waals surface area contributed by atoms with Gasteiger partial charge in [-0.3, -0.25) is 4.90 Å². The minimum atomic E-state index is 0.725. The Kier molecular flexibility index (Phi) is 3.37. The summed E-state index contributed by atoms with van der Waals surface area (Å²) >= 11 is 6.25. The normalized spacial score (nSPS) is 25.6. The molecule has 1 aromatic carbocycles. The Labute approximate surface area is 108 Å². The zero-order chi connectivity index (χ0) is 11.7. The number of halogens is 1. The lowest BCUT2D eigenvalue weighted by Crippen LogP contribution is -2.50. The van der Waals surface area contributed by atoms with E-state index in [0.29, 0.717) is 0 Å². The zero-order valence-electron chi connectivity index (χ0n) is 10.1. The summed E-state index contributed by atoms with van der Waals surface area (Å²) in [6.07, 6.45) is 3.58. The molecule has 0 spiro atoms. The van der Waals surface area contributed by atoms with Crippen molar-refractivity contribution in [3.05, 3.63) is 34.3 Å². The van der Waals surface area contributed by atoms with Gasteiger partial charge < -0.3 is 5.32 Å². The van der Waals surface area contributed by atoms with Crippen LogP contribution in [0.15, 0.2) is 18.2 Å². The number of hydrogen-bond acceptors (Lipinski definition) is 2. The van der Waals surface area contributed by atoms with E-state index < -0.39 is 0 Å². The summed E-state index contributed by atoms with van der Waals surface area (Å²) in [6, 6.07) is 7.07. The van der Waals surface area contributed by atoms with E-state index in [9.17, 15) is 0 Å². The molecule has 1 aliphatic heterocycles. The Morgan fingerprint density at radius 2 is 2.06 bits per heavy atom. The minimum absolute atomic E-state index is 0.725. The van der Waals surface area contributed by atoms with Crippen molar-refractivity contribution in [2.75, 3.05) is 26.2 Å². The summed E-state index contributed by atoms with van der Waals surface area (Å²) in [7, 11) is 0. The van der Waals surface area contributed by atoms with E-state index in [4.69, 9.17) is 11.6 Å². The van der Waals surface area contributed by atoms with Crippen molar-refractivity contribution in [2.24, 2.45) is 0 Å². The van der Waals surface area contributed by atoms with Gasteiger partial charge in [-0.2, -0.15) is 0 Å². The van der Waals surface area contributed by atoms with E-state index in [0.717, 1.165) is 30.6 Å². The second kappa shape index (κ2) is 4.97.